The van der Waals surface area contributed by atoms with Crippen LogP contribution in [0.1, 0.15) is 10.4 Å². The van der Waals surface area contributed by atoms with Gasteiger partial charge in [0.05, 0.1) is 21.5 Å². The zero-order valence-corrected chi connectivity index (χ0v) is 15.0. The highest BCUT2D eigenvalue weighted by atomic mass is 32.1. The normalized spacial score (nSPS) is 13.3. The summed E-state index contributed by atoms with van der Waals surface area (Å²) in [4.78, 5) is 37.4. The number of thiazole rings is 1. The third-order valence-electron chi connectivity index (χ3n) is 4.09. The molecule has 0 N–H and O–H groups in total. The number of benzene rings is 2. The maximum atomic E-state index is 12.2. The second-order valence-corrected chi connectivity index (χ2v) is 7.32. The lowest BCUT2D eigenvalue weighted by molar-refractivity contribution is -0.146. The fourth-order valence-corrected chi connectivity index (χ4v) is 4.15. The average Bonchev–Trinajstić information content (AvgIpc) is 3.09. The van der Waals surface area contributed by atoms with Gasteiger partial charge < -0.3 is 4.74 Å². The van der Waals surface area contributed by atoms with Gasteiger partial charge in [-0.2, -0.15) is 0 Å². The first-order valence-electron chi connectivity index (χ1n) is 7.75. The second-order valence-electron chi connectivity index (χ2n) is 5.65. The van der Waals surface area contributed by atoms with Crippen LogP contribution in [0.2, 0.25) is 0 Å². The van der Waals surface area contributed by atoms with Crippen LogP contribution in [0.3, 0.4) is 0 Å². The van der Waals surface area contributed by atoms with Gasteiger partial charge >= 0.3 is 5.97 Å². The van der Waals surface area contributed by atoms with Crippen molar-refractivity contribution in [2.24, 2.45) is 0 Å². The molecule has 8 heteroatoms. The van der Waals surface area contributed by atoms with E-state index in [4.69, 9.17) is 17.0 Å². The summed E-state index contributed by atoms with van der Waals surface area (Å²) >= 11 is 6.75. The third kappa shape index (κ3) is 2.73. The number of esters is 1. The van der Waals surface area contributed by atoms with Crippen molar-refractivity contribution in [3.8, 4) is 0 Å². The number of carbonyl (C=O) groups is 3. The molecule has 1 aliphatic rings. The molecule has 0 saturated heterocycles. The Balaban J connectivity index is 1.50. The van der Waals surface area contributed by atoms with E-state index < -0.39 is 17.7 Å². The van der Waals surface area contributed by atoms with E-state index >= 15 is 0 Å². The number of aromatic nitrogens is 1. The highest BCUT2D eigenvalue weighted by Gasteiger charge is 2.36. The molecule has 4 rings (SSSR count). The lowest BCUT2D eigenvalue weighted by atomic mass is 10.1. The highest BCUT2D eigenvalue weighted by Crippen LogP contribution is 2.28. The zero-order chi connectivity index (χ0) is 18.3. The number of hydrogen-bond acceptors (Lipinski definition) is 6. The maximum absolute atomic E-state index is 12.2. The number of ether oxygens (including phenoxy) is 1. The van der Waals surface area contributed by atoms with Crippen molar-refractivity contribution in [1.29, 1.82) is 0 Å². The van der Waals surface area contributed by atoms with E-state index in [2.05, 4.69) is 0 Å². The molecule has 1 aliphatic heterocycles. The summed E-state index contributed by atoms with van der Waals surface area (Å²) < 4.78 is 8.61. The number of carbonyl (C=O) groups excluding carboxylic acids is 3. The van der Waals surface area contributed by atoms with Crippen molar-refractivity contribution in [2.75, 3.05) is 11.4 Å². The van der Waals surface area contributed by atoms with Crippen LogP contribution in [-0.2, 0) is 21.1 Å². The number of rotatable bonds is 4. The van der Waals surface area contributed by atoms with Crippen molar-refractivity contribution in [2.45, 2.75) is 6.73 Å². The SMILES string of the molecule is O=C(CN1C(=O)C(=O)c2ccccc21)OCn1c(=S)sc2ccccc21. The number of hydrogen-bond donors (Lipinski definition) is 0. The lowest BCUT2D eigenvalue weighted by Crippen LogP contribution is -2.35. The molecule has 1 amide bonds. The third-order valence-corrected chi connectivity index (χ3v) is 5.52. The van der Waals surface area contributed by atoms with Gasteiger partial charge in [0, 0.05) is 0 Å². The van der Waals surface area contributed by atoms with Crippen LogP contribution in [0.5, 0.6) is 0 Å². The molecule has 1 aromatic heterocycles. The molecular weight excluding hydrogens is 372 g/mol. The fraction of sp³-hybridized carbons (Fsp3) is 0.111. The number of para-hydroxylation sites is 2. The van der Waals surface area contributed by atoms with E-state index in [0.717, 1.165) is 15.1 Å². The fourth-order valence-electron chi connectivity index (χ4n) is 2.85. The number of fused-ring (bicyclic) bond motifs is 2. The van der Waals surface area contributed by atoms with Gasteiger partial charge in [0.1, 0.15) is 6.54 Å². The summed E-state index contributed by atoms with van der Waals surface area (Å²) in [6.07, 6.45) is 0. The first-order chi connectivity index (χ1) is 12.6. The van der Waals surface area contributed by atoms with E-state index in [-0.39, 0.29) is 13.3 Å². The predicted molar refractivity (Wildman–Crippen MR) is 99.9 cm³/mol. The minimum atomic E-state index is -0.722. The Kier molecular flexibility index (Phi) is 4.14. The van der Waals surface area contributed by atoms with E-state index in [9.17, 15) is 14.4 Å². The Morgan fingerprint density at radius 2 is 1.81 bits per heavy atom. The van der Waals surface area contributed by atoms with Crippen LogP contribution in [0.25, 0.3) is 10.2 Å². The first-order valence-corrected chi connectivity index (χ1v) is 8.98. The van der Waals surface area contributed by atoms with Crippen molar-refractivity contribution in [1.82, 2.24) is 4.57 Å². The Labute approximate surface area is 157 Å². The molecule has 0 spiro atoms. The number of ketones is 1. The minimum absolute atomic E-state index is 0.0424. The van der Waals surface area contributed by atoms with Gasteiger partial charge in [-0.3, -0.25) is 23.9 Å². The molecule has 2 heterocycles. The zero-order valence-electron chi connectivity index (χ0n) is 13.4. The van der Waals surface area contributed by atoms with E-state index in [1.165, 1.54) is 11.3 Å². The molecule has 0 bridgehead atoms. The van der Waals surface area contributed by atoms with Crippen LogP contribution < -0.4 is 4.90 Å². The van der Waals surface area contributed by atoms with Gasteiger partial charge in [0.2, 0.25) is 0 Å². The molecule has 0 fully saturated rings. The first kappa shape index (κ1) is 16.6. The summed E-state index contributed by atoms with van der Waals surface area (Å²) in [6.45, 7) is -0.365. The molecule has 0 unspecified atom stereocenters. The quantitative estimate of drug-likeness (QED) is 0.393. The van der Waals surface area contributed by atoms with Gasteiger partial charge in [0.25, 0.3) is 11.7 Å². The topological polar surface area (TPSA) is 68.6 Å². The smallest absolute Gasteiger partial charge is 0.327 e. The monoisotopic (exact) mass is 384 g/mol. The molecule has 0 aliphatic carbocycles. The van der Waals surface area contributed by atoms with Crippen LogP contribution >= 0.6 is 23.6 Å². The molecule has 0 saturated carbocycles. The molecule has 130 valence electrons. The average molecular weight is 384 g/mol. The molecule has 3 aromatic rings. The van der Waals surface area contributed by atoms with Crippen LogP contribution in [0, 0.1) is 3.95 Å². The number of amides is 1. The Morgan fingerprint density at radius 1 is 1.08 bits per heavy atom. The van der Waals surface area contributed by atoms with E-state index in [0.29, 0.717) is 15.2 Å². The summed E-state index contributed by atoms with van der Waals surface area (Å²) in [5.74, 6) is -1.94. The van der Waals surface area contributed by atoms with Gasteiger partial charge in [0.15, 0.2) is 10.7 Å². The van der Waals surface area contributed by atoms with E-state index in [1.807, 2.05) is 24.3 Å². The minimum Gasteiger partial charge on any atom is -0.442 e. The number of Topliss-reactive ketones (excluding diaryl/α,β-unsaturated/α-hetero) is 1. The van der Waals surface area contributed by atoms with Crippen molar-refractivity contribution in [3.63, 3.8) is 0 Å². The Morgan fingerprint density at radius 3 is 2.65 bits per heavy atom. The summed E-state index contributed by atoms with van der Waals surface area (Å²) in [7, 11) is 0. The molecular formula is C18H12N2O4S2. The van der Waals surface area contributed by atoms with Crippen LogP contribution in [0.15, 0.2) is 48.5 Å². The van der Waals surface area contributed by atoms with Gasteiger partial charge in [-0.15, -0.1) is 11.3 Å². The van der Waals surface area contributed by atoms with E-state index in [1.54, 1.807) is 28.8 Å². The van der Waals surface area contributed by atoms with Gasteiger partial charge in [-0.05, 0) is 36.5 Å². The highest BCUT2D eigenvalue weighted by molar-refractivity contribution is 7.73. The molecule has 26 heavy (non-hydrogen) atoms. The largest absolute Gasteiger partial charge is 0.442 e. The van der Waals surface area contributed by atoms with Gasteiger partial charge in [-0.25, -0.2) is 0 Å². The van der Waals surface area contributed by atoms with Crippen molar-refractivity contribution in [3.05, 3.63) is 58.0 Å². The van der Waals surface area contributed by atoms with Crippen LogP contribution in [0.4, 0.5) is 5.69 Å². The lowest BCUT2D eigenvalue weighted by Gasteiger charge is -2.15. The molecule has 2 aromatic carbocycles. The molecule has 0 atom stereocenters. The van der Waals surface area contributed by atoms with Gasteiger partial charge in [-0.1, -0.05) is 24.3 Å². The summed E-state index contributed by atoms with van der Waals surface area (Å²) in [5.41, 5.74) is 1.61. The Hall–Kier alpha value is -2.84. The summed E-state index contributed by atoms with van der Waals surface area (Å²) in [6, 6.07) is 14.2. The molecule has 6 nitrogen and oxygen atoms in total. The van der Waals surface area contributed by atoms with Crippen molar-refractivity contribution >= 4 is 57.1 Å². The second kappa shape index (κ2) is 6.47. The standard InChI is InChI=1S/C18H12N2O4S2/c21-15(9-19-12-6-2-1-5-11(12)16(22)17(19)23)24-10-20-13-7-3-4-8-14(13)26-18(20)25/h1-8H,9-10H2. The molecule has 0 radical (unpaired) electrons. The predicted octanol–water partition coefficient (Wildman–Crippen LogP) is 3.16. The van der Waals surface area contributed by atoms with Crippen molar-refractivity contribution < 1.29 is 19.1 Å². The number of nitrogens with zero attached hydrogens (tertiary/aromatic N) is 2. The van der Waals surface area contributed by atoms with Crippen LogP contribution in [-0.4, -0.2) is 28.8 Å². The Bertz CT molecular complexity index is 1120. The number of anilines is 1. The summed E-state index contributed by atoms with van der Waals surface area (Å²) in [5, 5.41) is 0. The maximum Gasteiger partial charge on any atom is 0.327 e.